The van der Waals surface area contributed by atoms with Crippen molar-refractivity contribution in [3.63, 3.8) is 0 Å². The van der Waals surface area contributed by atoms with Crippen LogP contribution in [0.5, 0.6) is 0 Å². The number of carbonyl (C=O) groups is 1. The van der Waals surface area contributed by atoms with E-state index in [1.807, 2.05) is 13.8 Å². The largest absolute Gasteiger partial charge is 0.363 e. The molecule has 16 heavy (non-hydrogen) atoms. The second kappa shape index (κ2) is 6.32. The first-order valence-corrected chi connectivity index (χ1v) is 7.01. The molecule has 0 aliphatic carbocycles. The van der Waals surface area contributed by atoms with Crippen molar-refractivity contribution < 1.29 is 13.7 Å². The molecular formula is C10H20N2O3S. The molecule has 2 N–H and O–H groups in total. The molecule has 0 aromatic carbocycles. The minimum absolute atomic E-state index is 0.0803. The summed E-state index contributed by atoms with van der Waals surface area (Å²) in [6, 6.07) is 0. The third-order valence-electron chi connectivity index (χ3n) is 2.52. The molecule has 1 aliphatic rings. The minimum Gasteiger partial charge on any atom is -0.363 e. The van der Waals surface area contributed by atoms with Gasteiger partial charge in [-0.2, -0.15) is 0 Å². The predicted molar refractivity (Wildman–Crippen MR) is 63.8 cm³/mol. The number of hydrogen-bond donors (Lipinski definition) is 2. The number of ether oxygens (including phenoxy) is 1. The van der Waals surface area contributed by atoms with Crippen LogP contribution in [0.4, 0.5) is 0 Å². The van der Waals surface area contributed by atoms with Gasteiger partial charge in [0, 0.05) is 41.9 Å². The summed E-state index contributed by atoms with van der Waals surface area (Å²) in [4.78, 5) is 11.3. The Morgan fingerprint density at radius 3 is 2.75 bits per heavy atom. The Hall–Kier alpha value is -0.460. The van der Waals surface area contributed by atoms with Gasteiger partial charge in [0.1, 0.15) is 6.61 Å². The van der Waals surface area contributed by atoms with E-state index >= 15 is 0 Å². The normalized spacial score (nSPS) is 19.9. The fourth-order valence-electron chi connectivity index (χ4n) is 1.32. The van der Waals surface area contributed by atoms with Crippen molar-refractivity contribution >= 4 is 16.7 Å². The van der Waals surface area contributed by atoms with Crippen molar-refractivity contribution in [2.24, 2.45) is 0 Å². The number of carbonyl (C=O) groups excluding carboxylic acids is 1. The highest BCUT2D eigenvalue weighted by Gasteiger charge is 2.32. The quantitative estimate of drug-likeness (QED) is 0.622. The summed E-state index contributed by atoms with van der Waals surface area (Å²) in [6.07, 6.45) is 0. The second-order valence-electron chi connectivity index (χ2n) is 4.12. The van der Waals surface area contributed by atoms with Crippen molar-refractivity contribution in [3.8, 4) is 0 Å². The Labute approximate surface area is 98.8 Å². The summed E-state index contributed by atoms with van der Waals surface area (Å²) in [7, 11) is -0.820. The first-order chi connectivity index (χ1) is 7.56. The van der Waals surface area contributed by atoms with Crippen LogP contribution in [0, 0.1) is 0 Å². The molecule has 0 bridgehead atoms. The Morgan fingerprint density at radius 1 is 1.56 bits per heavy atom. The molecule has 1 aliphatic heterocycles. The molecule has 1 amide bonds. The Bertz CT molecular complexity index is 267. The fraction of sp³-hybridized carbons (Fsp3) is 0.900. The minimum atomic E-state index is -0.820. The van der Waals surface area contributed by atoms with Gasteiger partial charge in [-0.25, -0.2) is 0 Å². The van der Waals surface area contributed by atoms with Crippen LogP contribution in [0.15, 0.2) is 0 Å². The van der Waals surface area contributed by atoms with Gasteiger partial charge < -0.3 is 15.4 Å². The van der Waals surface area contributed by atoms with E-state index in [0.29, 0.717) is 18.1 Å². The first-order valence-electron chi connectivity index (χ1n) is 5.52. The standard InChI is InChI=1S/C10H20N2O3S/c1-3-16(14)5-4-12-9(13)6-15-10(2)7-11-8-10/h11H,3-8H2,1-2H3,(H,12,13). The molecule has 94 valence electrons. The Balaban J connectivity index is 2.04. The van der Waals surface area contributed by atoms with Gasteiger partial charge in [0.15, 0.2) is 0 Å². The van der Waals surface area contributed by atoms with Crippen LogP contribution in [0.25, 0.3) is 0 Å². The summed E-state index contributed by atoms with van der Waals surface area (Å²) < 4.78 is 16.5. The maximum atomic E-state index is 11.3. The van der Waals surface area contributed by atoms with Gasteiger partial charge in [0.05, 0.1) is 5.60 Å². The average Bonchev–Trinajstić information content (AvgIpc) is 2.23. The molecule has 5 nitrogen and oxygen atoms in total. The zero-order valence-corrected chi connectivity index (χ0v) is 10.7. The molecule has 1 rings (SSSR count). The van der Waals surface area contributed by atoms with Crippen LogP contribution in [0.2, 0.25) is 0 Å². The van der Waals surface area contributed by atoms with Crippen molar-refractivity contribution in [3.05, 3.63) is 0 Å². The molecule has 1 heterocycles. The lowest BCUT2D eigenvalue weighted by Crippen LogP contribution is -2.59. The highest BCUT2D eigenvalue weighted by atomic mass is 32.2. The van der Waals surface area contributed by atoms with Crippen LogP contribution in [-0.4, -0.2) is 53.5 Å². The van der Waals surface area contributed by atoms with Crippen molar-refractivity contribution in [1.29, 1.82) is 0 Å². The van der Waals surface area contributed by atoms with Crippen LogP contribution in [0.3, 0.4) is 0 Å². The van der Waals surface area contributed by atoms with Crippen LogP contribution in [0.1, 0.15) is 13.8 Å². The third kappa shape index (κ3) is 4.59. The van der Waals surface area contributed by atoms with Gasteiger partial charge in [-0.15, -0.1) is 0 Å². The Kier molecular flexibility index (Phi) is 5.37. The average molecular weight is 248 g/mol. The third-order valence-corrected chi connectivity index (χ3v) is 3.83. The van der Waals surface area contributed by atoms with Crippen LogP contribution >= 0.6 is 0 Å². The highest BCUT2D eigenvalue weighted by molar-refractivity contribution is 7.84. The molecule has 0 radical (unpaired) electrons. The zero-order valence-electron chi connectivity index (χ0n) is 9.88. The molecule has 1 fully saturated rings. The van der Waals surface area contributed by atoms with Crippen LogP contribution < -0.4 is 10.6 Å². The van der Waals surface area contributed by atoms with Gasteiger partial charge in [-0.3, -0.25) is 9.00 Å². The zero-order chi connectivity index (χ0) is 12.0. The van der Waals surface area contributed by atoms with Gasteiger partial charge in [0.25, 0.3) is 0 Å². The predicted octanol–water partition coefficient (Wildman–Crippen LogP) is -0.750. The first kappa shape index (κ1) is 13.6. The summed E-state index contributed by atoms with van der Waals surface area (Å²) in [6.45, 7) is 5.96. The van der Waals surface area contributed by atoms with Gasteiger partial charge in [-0.05, 0) is 6.92 Å². The molecule has 1 saturated heterocycles. The SMILES string of the molecule is CCS(=O)CCNC(=O)COC1(C)CNC1. The lowest BCUT2D eigenvalue weighted by Gasteiger charge is -2.38. The molecule has 1 atom stereocenters. The molecule has 1 unspecified atom stereocenters. The summed E-state index contributed by atoms with van der Waals surface area (Å²) in [5, 5.41) is 5.79. The molecule has 0 saturated carbocycles. The summed E-state index contributed by atoms with van der Waals surface area (Å²) in [5.74, 6) is 1.01. The number of hydrogen-bond acceptors (Lipinski definition) is 4. The van der Waals surface area contributed by atoms with E-state index in [0.717, 1.165) is 13.1 Å². The molecule has 0 aromatic heterocycles. The van der Waals surface area contributed by atoms with E-state index in [1.54, 1.807) is 0 Å². The topological polar surface area (TPSA) is 67.4 Å². The van der Waals surface area contributed by atoms with Crippen molar-refractivity contribution in [2.45, 2.75) is 19.4 Å². The van der Waals surface area contributed by atoms with E-state index in [2.05, 4.69) is 10.6 Å². The number of rotatable bonds is 7. The van der Waals surface area contributed by atoms with Gasteiger partial charge >= 0.3 is 0 Å². The number of nitrogens with one attached hydrogen (secondary N) is 2. The smallest absolute Gasteiger partial charge is 0.246 e. The van der Waals surface area contributed by atoms with E-state index in [9.17, 15) is 9.00 Å². The summed E-state index contributed by atoms with van der Waals surface area (Å²) >= 11 is 0. The lowest BCUT2D eigenvalue weighted by atomic mass is 10.0. The van der Waals surface area contributed by atoms with Gasteiger partial charge in [0.2, 0.25) is 5.91 Å². The molecule has 0 spiro atoms. The van der Waals surface area contributed by atoms with Gasteiger partial charge in [-0.1, -0.05) is 6.92 Å². The number of amides is 1. The molecule has 6 heteroatoms. The second-order valence-corrected chi connectivity index (χ2v) is 5.99. The fourth-order valence-corrected chi connectivity index (χ4v) is 1.94. The lowest BCUT2D eigenvalue weighted by molar-refractivity contribution is -0.135. The van der Waals surface area contributed by atoms with E-state index in [4.69, 9.17) is 4.74 Å². The maximum absolute atomic E-state index is 11.3. The van der Waals surface area contributed by atoms with Crippen molar-refractivity contribution in [1.82, 2.24) is 10.6 Å². The van der Waals surface area contributed by atoms with E-state index in [1.165, 1.54) is 0 Å². The molecule has 0 aromatic rings. The maximum Gasteiger partial charge on any atom is 0.246 e. The summed E-state index contributed by atoms with van der Waals surface area (Å²) in [5.41, 5.74) is -0.191. The van der Waals surface area contributed by atoms with E-state index < -0.39 is 10.8 Å². The highest BCUT2D eigenvalue weighted by Crippen LogP contribution is 2.14. The molecular weight excluding hydrogens is 228 g/mol. The van der Waals surface area contributed by atoms with Crippen molar-refractivity contribution in [2.75, 3.05) is 37.7 Å². The monoisotopic (exact) mass is 248 g/mol. The Morgan fingerprint density at radius 2 is 2.25 bits per heavy atom. The van der Waals surface area contributed by atoms with Crippen LogP contribution in [-0.2, 0) is 20.3 Å². The van der Waals surface area contributed by atoms with E-state index in [-0.39, 0.29) is 18.1 Å².